The highest BCUT2D eigenvalue weighted by Gasteiger charge is 2.26. The minimum atomic E-state index is -5.07. The number of para-hydroxylation sites is 2. The van der Waals surface area contributed by atoms with Gasteiger partial charge < -0.3 is 18.4 Å². The third kappa shape index (κ3) is 6.06. The van der Waals surface area contributed by atoms with Crippen LogP contribution in [0.1, 0.15) is 18.1 Å². The Morgan fingerprint density at radius 1 is 1.00 bits per heavy atom. The largest absolute Gasteiger partial charge is 0.500 e. The van der Waals surface area contributed by atoms with Gasteiger partial charge in [0.25, 0.3) is 0 Å². The number of hydrogen-bond donors (Lipinski definition) is 1. The van der Waals surface area contributed by atoms with E-state index in [1.165, 1.54) is 38.6 Å². The summed E-state index contributed by atoms with van der Waals surface area (Å²) in [7, 11) is -3.80. The van der Waals surface area contributed by atoms with Gasteiger partial charge >= 0.3 is 16.4 Å². The number of rotatable bonds is 8. The first kappa shape index (κ1) is 24.2. The molecule has 0 spiro atoms. The van der Waals surface area contributed by atoms with Crippen LogP contribution >= 0.6 is 0 Å². The maximum Gasteiger partial charge on any atom is 0.449 e. The van der Waals surface area contributed by atoms with Crippen molar-refractivity contribution in [1.82, 2.24) is 9.97 Å². The summed E-state index contributed by atoms with van der Waals surface area (Å²) in [6, 6.07) is 16.1. The fourth-order valence-corrected chi connectivity index (χ4v) is 3.03. The van der Waals surface area contributed by atoms with Crippen LogP contribution < -0.4 is 9.47 Å². The van der Waals surface area contributed by atoms with Crippen molar-refractivity contribution in [2.45, 2.75) is 6.92 Å². The molecule has 174 valence electrons. The van der Waals surface area contributed by atoms with Crippen LogP contribution in [0.5, 0.6) is 23.3 Å². The molecule has 12 heteroatoms. The number of benzene rings is 2. The van der Waals surface area contributed by atoms with Crippen molar-refractivity contribution in [3.8, 4) is 29.3 Å². The summed E-state index contributed by atoms with van der Waals surface area (Å²) in [4.78, 5) is 20.5. The van der Waals surface area contributed by atoms with Crippen LogP contribution in [-0.4, -0.2) is 36.0 Å². The smallest absolute Gasteiger partial charge is 0.449 e. The molecule has 3 rings (SSSR count). The van der Waals surface area contributed by atoms with Crippen molar-refractivity contribution >= 4 is 21.9 Å². The van der Waals surface area contributed by atoms with Gasteiger partial charge in [0.15, 0.2) is 0 Å². The van der Waals surface area contributed by atoms with E-state index in [9.17, 15) is 18.5 Å². The van der Waals surface area contributed by atoms with E-state index in [-0.39, 0.29) is 40.2 Å². The van der Waals surface area contributed by atoms with Crippen molar-refractivity contribution < 1.29 is 36.2 Å². The quantitative estimate of drug-likeness (QED) is 0.283. The zero-order valence-electron chi connectivity index (χ0n) is 17.8. The average molecular weight is 483 g/mol. The lowest BCUT2D eigenvalue weighted by molar-refractivity contribution is -0.128. The molecular weight excluding hydrogens is 466 g/mol. The molecule has 0 aliphatic carbocycles. The second kappa shape index (κ2) is 10.4. The summed E-state index contributed by atoms with van der Waals surface area (Å²) in [5.41, 5.74) is 0.103. The van der Waals surface area contributed by atoms with E-state index < -0.39 is 16.4 Å². The molecule has 34 heavy (non-hydrogen) atoms. The molecule has 1 heterocycles. The predicted molar refractivity (Wildman–Crippen MR) is 117 cm³/mol. The monoisotopic (exact) mass is 483 g/mol. The molecule has 0 atom stereocenters. The van der Waals surface area contributed by atoms with Crippen LogP contribution in [-0.2, 0) is 24.1 Å². The van der Waals surface area contributed by atoms with Crippen LogP contribution in [0.3, 0.4) is 0 Å². The first-order valence-electron chi connectivity index (χ1n) is 9.44. The van der Waals surface area contributed by atoms with E-state index >= 15 is 0 Å². The van der Waals surface area contributed by atoms with Gasteiger partial charge in [0.05, 0.1) is 18.7 Å². The van der Waals surface area contributed by atoms with Gasteiger partial charge in [-0.2, -0.15) is 13.7 Å². The Morgan fingerprint density at radius 2 is 1.59 bits per heavy atom. The number of allylic oxidation sites excluding steroid dienone is 1. The van der Waals surface area contributed by atoms with Crippen LogP contribution in [0.25, 0.3) is 5.57 Å². The van der Waals surface area contributed by atoms with E-state index in [0.717, 1.165) is 0 Å². The molecule has 1 aromatic heterocycles. The zero-order valence-corrected chi connectivity index (χ0v) is 18.6. The van der Waals surface area contributed by atoms with Crippen LogP contribution in [0.2, 0.25) is 0 Å². The van der Waals surface area contributed by atoms with Gasteiger partial charge in [0.1, 0.15) is 35.2 Å². The summed E-state index contributed by atoms with van der Waals surface area (Å²) in [6.07, 6.45) is 1.17. The maximum atomic E-state index is 12.5. The number of hydrogen-bond acceptors (Lipinski definition) is 10. The normalized spacial score (nSPS) is 11.6. The molecule has 0 fully saturated rings. The number of aromatic nitrogens is 2. The Kier molecular flexibility index (Phi) is 7.42. The number of ether oxygens (including phenoxy) is 3. The molecule has 0 bridgehead atoms. The lowest BCUT2D eigenvalue weighted by Gasteiger charge is -2.14. The van der Waals surface area contributed by atoms with Gasteiger partial charge in [-0.05, 0) is 25.1 Å². The number of carbonyl (C=O) groups is 1. The molecule has 0 aliphatic rings. The van der Waals surface area contributed by atoms with E-state index in [4.69, 9.17) is 18.8 Å². The molecule has 0 amide bonds. The molecule has 0 saturated carbocycles. The summed E-state index contributed by atoms with van der Waals surface area (Å²) >= 11 is 0. The number of methoxy groups -OCH3 is 1. The summed E-state index contributed by atoms with van der Waals surface area (Å²) in [5.74, 6) is -0.904. The number of carbonyl (C=O) groups excluding carboxylic acids is 1. The molecular formula is C22H17N3O8S. The summed E-state index contributed by atoms with van der Waals surface area (Å²) in [5, 5.41) is 9.22. The minimum absolute atomic E-state index is 0.00419. The Bertz CT molecular complexity index is 1400. The molecule has 0 saturated heterocycles. The molecule has 3 aromatic rings. The van der Waals surface area contributed by atoms with Crippen molar-refractivity contribution in [2.24, 2.45) is 0 Å². The Balaban J connectivity index is 1.96. The number of nitriles is 1. The SMILES string of the molecule is CO/C(C)=C(/C(=O)OS(=O)(=O)O)c1ccccc1Oc1cc(Oc2ccccc2C#N)ncn1. The van der Waals surface area contributed by atoms with Crippen LogP contribution in [0.4, 0.5) is 0 Å². The Labute approximate surface area is 194 Å². The van der Waals surface area contributed by atoms with Gasteiger partial charge in [-0.15, -0.1) is 0 Å². The van der Waals surface area contributed by atoms with E-state index in [1.807, 2.05) is 6.07 Å². The zero-order chi connectivity index (χ0) is 24.7. The van der Waals surface area contributed by atoms with Crippen molar-refractivity contribution in [2.75, 3.05) is 7.11 Å². The Morgan fingerprint density at radius 3 is 2.21 bits per heavy atom. The third-order valence-corrected chi connectivity index (χ3v) is 4.62. The average Bonchev–Trinajstić information content (AvgIpc) is 2.79. The van der Waals surface area contributed by atoms with Crippen LogP contribution in [0, 0.1) is 11.3 Å². The third-order valence-electron chi connectivity index (χ3n) is 4.25. The molecule has 2 aromatic carbocycles. The van der Waals surface area contributed by atoms with Crippen molar-refractivity contribution in [3.05, 3.63) is 77.8 Å². The second-order valence-corrected chi connectivity index (χ2v) is 7.46. The van der Waals surface area contributed by atoms with Gasteiger partial charge in [-0.3, -0.25) is 4.55 Å². The number of nitrogens with zero attached hydrogens (tertiary/aromatic N) is 3. The van der Waals surface area contributed by atoms with E-state index in [2.05, 4.69) is 14.2 Å². The highest BCUT2D eigenvalue weighted by atomic mass is 32.3. The molecule has 11 nitrogen and oxygen atoms in total. The fourth-order valence-electron chi connectivity index (χ4n) is 2.75. The first-order valence-corrected chi connectivity index (χ1v) is 10.8. The van der Waals surface area contributed by atoms with Crippen molar-refractivity contribution in [1.29, 1.82) is 5.26 Å². The standard InChI is InChI=1S/C22H17N3O8S/c1-14(30-2)21(22(26)33-34(27,28)29)16-8-4-6-10-18(16)32-20-11-19(24-13-25-20)31-17-9-5-3-7-15(17)12-23/h3-11,13H,1-2H3,(H,27,28,29)/b21-14+. The topological polar surface area (TPSA) is 158 Å². The molecule has 0 unspecified atom stereocenters. The summed E-state index contributed by atoms with van der Waals surface area (Å²) in [6.45, 7) is 1.40. The van der Waals surface area contributed by atoms with Crippen molar-refractivity contribution in [3.63, 3.8) is 0 Å². The highest BCUT2D eigenvalue weighted by Crippen LogP contribution is 2.33. The minimum Gasteiger partial charge on any atom is -0.500 e. The highest BCUT2D eigenvalue weighted by molar-refractivity contribution is 7.81. The molecule has 0 radical (unpaired) electrons. The van der Waals surface area contributed by atoms with Gasteiger partial charge in [-0.1, -0.05) is 30.3 Å². The Hall–Kier alpha value is -4.47. The van der Waals surface area contributed by atoms with Crippen LogP contribution in [0.15, 0.2) is 66.7 Å². The van der Waals surface area contributed by atoms with E-state index in [1.54, 1.807) is 36.4 Å². The molecule has 0 aliphatic heterocycles. The van der Waals surface area contributed by atoms with Gasteiger partial charge in [-0.25, -0.2) is 14.8 Å². The summed E-state index contributed by atoms with van der Waals surface area (Å²) < 4.78 is 51.7. The lowest BCUT2D eigenvalue weighted by atomic mass is 10.0. The molecule has 1 N–H and O–H groups in total. The predicted octanol–water partition coefficient (Wildman–Crippen LogP) is 3.66. The first-order chi connectivity index (χ1) is 16.2. The van der Waals surface area contributed by atoms with Gasteiger partial charge in [0.2, 0.25) is 11.8 Å². The second-order valence-electron chi connectivity index (χ2n) is 6.44. The lowest BCUT2D eigenvalue weighted by Crippen LogP contribution is -2.15. The maximum absolute atomic E-state index is 12.5. The van der Waals surface area contributed by atoms with E-state index in [0.29, 0.717) is 5.56 Å². The van der Waals surface area contributed by atoms with Gasteiger partial charge in [0, 0.05) is 5.56 Å². The fraction of sp³-hybridized carbons (Fsp3) is 0.0909.